The van der Waals surface area contributed by atoms with Crippen LogP contribution in [-0.4, -0.2) is 24.5 Å². The lowest BCUT2D eigenvalue weighted by Crippen LogP contribution is -2.44. The lowest BCUT2D eigenvalue weighted by Gasteiger charge is -2.30. The fourth-order valence-corrected chi connectivity index (χ4v) is 4.79. The Morgan fingerprint density at radius 3 is 2.43 bits per heavy atom. The average Bonchev–Trinajstić information content (AvgIpc) is 3.25. The number of benzene rings is 3. The normalized spacial score (nSPS) is 18.1. The van der Waals surface area contributed by atoms with Gasteiger partial charge in [0.25, 0.3) is 0 Å². The maximum Gasteiger partial charge on any atom is 0.220 e. The van der Waals surface area contributed by atoms with Crippen LogP contribution < -0.4 is 15.4 Å². The van der Waals surface area contributed by atoms with E-state index in [1.54, 1.807) is 12.1 Å². The third-order valence-electron chi connectivity index (χ3n) is 6.64. The van der Waals surface area contributed by atoms with E-state index in [-0.39, 0.29) is 30.0 Å². The van der Waals surface area contributed by atoms with Gasteiger partial charge in [0.05, 0.1) is 13.2 Å². The summed E-state index contributed by atoms with van der Waals surface area (Å²) in [4.78, 5) is 25.2. The van der Waals surface area contributed by atoms with Crippen LogP contribution >= 0.6 is 0 Å². The predicted octanol–water partition coefficient (Wildman–Crippen LogP) is 4.91. The smallest absolute Gasteiger partial charge is 0.220 e. The molecule has 1 fully saturated rings. The van der Waals surface area contributed by atoms with E-state index in [2.05, 4.69) is 22.8 Å². The van der Waals surface area contributed by atoms with E-state index in [1.165, 1.54) is 13.2 Å². The third-order valence-corrected chi connectivity index (χ3v) is 6.64. The minimum absolute atomic E-state index is 0.0225. The summed E-state index contributed by atoms with van der Waals surface area (Å²) in [7, 11) is 1.43. The maximum atomic E-state index is 13.9. The van der Waals surface area contributed by atoms with Crippen molar-refractivity contribution in [3.05, 3.63) is 101 Å². The van der Waals surface area contributed by atoms with Crippen LogP contribution in [0.4, 0.5) is 4.39 Å². The quantitative estimate of drug-likeness (QED) is 0.439. The molecule has 0 bridgehead atoms. The van der Waals surface area contributed by atoms with Crippen molar-refractivity contribution in [1.29, 1.82) is 0 Å². The van der Waals surface area contributed by atoms with E-state index in [0.717, 1.165) is 16.7 Å². The molecule has 0 radical (unpaired) electrons. The largest absolute Gasteiger partial charge is 0.494 e. The van der Waals surface area contributed by atoms with Crippen molar-refractivity contribution in [2.75, 3.05) is 7.11 Å². The van der Waals surface area contributed by atoms with E-state index < -0.39 is 11.4 Å². The van der Waals surface area contributed by atoms with Crippen molar-refractivity contribution in [2.45, 2.75) is 50.1 Å². The molecule has 0 aromatic heterocycles. The summed E-state index contributed by atoms with van der Waals surface area (Å²) >= 11 is 0. The van der Waals surface area contributed by atoms with Gasteiger partial charge in [-0.15, -0.1) is 0 Å². The first-order valence-electron chi connectivity index (χ1n) is 12.0. The van der Waals surface area contributed by atoms with Crippen molar-refractivity contribution in [1.82, 2.24) is 10.6 Å². The second kappa shape index (κ2) is 11.2. The Balaban J connectivity index is 1.45. The monoisotopic (exact) mass is 474 g/mol. The van der Waals surface area contributed by atoms with Crippen LogP contribution in [0, 0.1) is 5.82 Å². The van der Waals surface area contributed by atoms with Gasteiger partial charge >= 0.3 is 0 Å². The summed E-state index contributed by atoms with van der Waals surface area (Å²) < 4.78 is 19.0. The summed E-state index contributed by atoms with van der Waals surface area (Å²) in [5.41, 5.74) is 2.51. The first-order valence-corrected chi connectivity index (χ1v) is 12.0. The van der Waals surface area contributed by atoms with E-state index in [9.17, 15) is 14.0 Å². The Kier molecular flexibility index (Phi) is 7.80. The molecule has 4 rings (SSSR count). The molecule has 3 aromatic rings. The molecular weight excluding hydrogens is 443 g/mol. The van der Waals surface area contributed by atoms with Crippen LogP contribution in [0.5, 0.6) is 5.75 Å². The number of nitrogens with one attached hydrogen (secondary N) is 2. The minimum Gasteiger partial charge on any atom is -0.494 e. The number of rotatable bonds is 10. The molecule has 0 aliphatic carbocycles. The summed E-state index contributed by atoms with van der Waals surface area (Å²) in [5.74, 6) is -0.338. The Morgan fingerprint density at radius 2 is 1.77 bits per heavy atom. The Labute approximate surface area is 205 Å². The van der Waals surface area contributed by atoms with Crippen LogP contribution in [0.1, 0.15) is 48.4 Å². The molecule has 6 heteroatoms. The molecule has 1 aliphatic heterocycles. The molecule has 182 valence electrons. The zero-order valence-electron chi connectivity index (χ0n) is 19.9. The zero-order valence-corrected chi connectivity index (χ0v) is 19.9. The van der Waals surface area contributed by atoms with Crippen LogP contribution in [0.3, 0.4) is 0 Å². The standard InChI is InChI=1S/C29H31FN2O3/c1-35-26-19-22(12-13-24(26)30)20-29(17-15-28(34)32-29)16-14-27(33)31-25(23-10-6-3-7-11-23)18-21-8-4-2-5-9-21/h2-13,19,25H,14-18,20H2,1H3,(H,31,33)(H,32,34). The Morgan fingerprint density at radius 1 is 1.06 bits per heavy atom. The SMILES string of the molecule is COc1cc(CC2(CCC(=O)NC(Cc3ccccc3)c3ccccc3)CCC(=O)N2)ccc1F. The van der Waals surface area contributed by atoms with Gasteiger partial charge in [-0.1, -0.05) is 66.7 Å². The highest BCUT2D eigenvalue weighted by Crippen LogP contribution is 2.31. The first-order chi connectivity index (χ1) is 17.0. The summed E-state index contributed by atoms with van der Waals surface area (Å²) in [6.07, 6.45) is 3.02. The van der Waals surface area contributed by atoms with Gasteiger partial charge in [0.2, 0.25) is 11.8 Å². The van der Waals surface area contributed by atoms with E-state index in [0.29, 0.717) is 32.1 Å². The van der Waals surface area contributed by atoms with E-state index in [4.69, 9.17) is 4.74 Å². The maximum absolute atomic E-state index is 13.9. The molecule has 1 heterocycles. The topological polar surface area (TPSA) is 67.4 Å². The van der Waals surface area contributed by atoms with Crippen LogP contribution in [-0.2, 0) is 22.4 Å². The van der Waals surface area contributed by atoms with Crippen molar-refractivity contribution < 1.29 is 18.7 Å². The number of methoxy groups -OCH3 is 1. The number of ether oxygens (including phenoxy) is 1. The fourth-order valence-electron chi connectivity index (χ4n) is 4.79. The molecule has 0 spiro atoms. The van der Waals surface area contributed by atoms with Crippen LogP contribution in [0.15, 0.2) is 78.9 Å². The summed E-state index contributed by atoms with van der Waals surface area (Å²) in [6.45, 7) is 0. The minimum atomic E-state index is -0.543. The number of carbonyl (C=O) groups is 2. The number of hydrogen-bond acceptors (Lipinski definition) is 3. The first kappa shape index (κ1) is 24.5. The van der Waals surface area contributed by atoms with Gasteiger partial charge in [0.1, 0.15) is 0 Å². The van der Waals surface area contributed by atoms with Gasteiger partial charge in [0, 0.05) is 18.4 Å². The number of hydrogen-bond donors (Lipinski definition) is 2. The summed E-state index contributed by atoms with van der Waals surface area (Å²) in [5, 5.41) is 6.30. The lowest BCUT2D eigenvalue weighted by molar-refractivity contribution is -0.123. The van der Waals surface area contributed by atoms with Crippen molar-refractivity contribution in [2.24, 2.45) is 0 Å². The van der Waals surface area contributed by atoms with Crippen molar-refractivity contribution in [3.63, 3.8) is 0 Å². The van der Waals surface area contributed by atoms with Gasteiger partial charge in [-0.2, -0.15) is 0 Å². The van der Waals surface area contributed by atoms with Gasteiger partial charge in [-0.05, 0) is 54.5 Å². The molecule has 2 N–H and O–H groups in total. The number of carbonyl (C=O) groups excluding carboxylic acids is 2. The second-order valence-corrected chi connectivity index (χ2v) is 9.19. The molecule has 2 unspecified atom stereocenters. The van der Waals surface area contributed by atoms with Gasteiger partial charge < -0.3 is 15.4 Å². The molecule has 35 heavy (non-hydrogen) atoms. The van der Waals surface area contributed by atoms with E-state index >= 15 is 0 Å². The molecule has 5 nitrogen and oxygen atoms in total. The van der Waals surface area contributed by atoms with Gasteiger partial charge in [-0.25, -0.2) is 4.39 Å². The molecular formula is C29H31FN2O3. The third kappa shape index (κ3) is 6.47. The molecule has 3 aromatic carbocycles. The zero-order chi connectivity index (χ0) is 24.7. The highest BCUT2D eigenvalue weighted by atomic mass is 19.1. The molecule has 1 saturated heterocycles. The highest BCUT2D eigenvalue weighted by Gasteiger charge is 2.38. The molecule has 1 aliphatic rings. The van der Waals surface area contributed by atoms with Gasteiger partial charge in [-0.3, -0.25) is 9.59 Å². The Bertz CT molecular complexity index is 1150. The fraction of sp³-hybridized carbons (Fsp3) is 0.310. The van der Waals surface area contributed by atoms with E-state index in [1.807, 2.05) is 48.5 Å². The van der Waals surface area contributed by atoms with Gasteiger partial charge in [0.15, 0.2) is 11.6 Å². The second-order valence-electron chi connectivity index (χ2n) is 9.19. The van der Waals surface area contributed by atoms with Crippen molar-refractivity contribution >= 4 is 11.8 Å². The number of halogens is 1. The van der Waals surface area contributed by atoms with Crippen LogP contribution in [0.25, 0.3) is 0 Å². The lowest BCUT2D eigenvalue weighted by atomic mass is 9.84. The Hall–Kier alpha value is -3.67. The summed E-state index contributed by atoms with van der Waals surface area (Å²) in [6, 6.07) is 24.6. The predicted molar refractivity (Wildman–Crippen MR) is 133 cm³/mol. The van der Waals surface area contributed by atoms with Crippen molar-refractivity contribution in [3.8, 4) is 5.75 Å². The molecule has 2 atom stereocenters. The molecule has 0 saturated carbocycles. The van der Waals surface area contributed by atoms with Crippen LogP contribution in [0.2, 0.25) is 0 Å². The molecule has 2 amide bonds. The highest BCUT2D eigenvalue weighted by molar-refractivity contribution is 5.80. The average molecular weight is 475 g/mol. The number of amides is 2.